The number of carbonyl (C=O) groups excluding carboxylic acids is 1. The second kappa shape index (κ2) is 21.1. The minimum atomic E-state index is -5.28. The Morgan fingerprint density at radius 1 is 0.806 bits per heavy atom. The maximum absolute atomic E-state index is 14.1. The van der Waals surface area contributed by atoms with Gasteiger partial charge in [-0.3, -0.25) is 14.6 Å². The van der Waals surface area contributed by atoms with Gasteiger partial charge in [0.05, 0.1) is 28.7 Å². The molecule has 2 N–H and O–H groups in total. The number of anilines is 2. The first kappa shape index (κ1) is 46.0. The molecule has 62 heavy (non-hydrogen) atoms. The highest BCUT2D eigenvalue weighted by atomic mass is 35.5. The molecule has 0 aromatic heterocycles. The fourth-order valence-corrected chi connectivity index (χ4v) is 11.2. The molecule has 0 spiro atoms. The summed E-state index contributed by atoms with van der Waals surface area (Å²) in [5, 5.41) is 3.87. The molecule has 2 heterocycles. The molecule has 17 heteroatoms. The molecule has 1 amide bonds. The highest BCUT2D eigenvalue weighted by molar-refractivity contribution is 7.99. The van der Waals surface area contributed by atoms with Crippen LogP contribution < -0.4 is 14.9 Å². The van der Waals surface area contributed by atoms with Crippen molar-refractivity contribution in [3.63, 3.8) is 0 Å². The first-order valence-electron chi connectivity index (χ1n) is 20.9. The Morgan fingerprint density at radius 2 is 1.50 bits per heavy atom. The van der Waals surface area contributed by atoms with Crippen molar-refractivity contribution < 1.29 is 35.1 Å². The lowest BCUT2D eigenvalue weighted by Crippen LogP contribution is -2.47. The molecule has 2 fully saturated rings. The van der Waals surface area contributed by atoms with E-state index in [0.29, 0.717) is 38.0 Å². The van der Waals surface area contributed by atoms with Gasteiger partial charge in [-0.05, 0) is 110 Å². The number of sulfonamides is 1. The van der Waals surface area contributed by atoms with E-state index in [4.69, 9.17) is 16.3 Å². The molecular weight excluding hydrogens is 876 g/mol. The zero-order valence-electron chi connectivity index (χ0n) is 34.4. The normalized spacial score (nSPS) is 17.6. The van der Waals surface area contributed by atoms with Crippen molar-refractivity contribution in [2.75, 3.05) is 81.5 Å². The van der Waals surface area contributed by atoms with E-state index in [2.05, 4.69) is 32.1 Å². The third-order valence-corrected chi connectivity index (χ3v) is 15.7. The largest absolute Gasteiger partial charge is 0.380 e. The number of halogens is 3. The van der Waals surface area contributed by atoms with E-state index in [1.807, 2.05) is 47.2 Å². The molecule has 0 unspecified atom stereocenters. The number of rotatable bonds is 17. The van der Waals surface area contributed by atoms with Gasteiger partial charge in [0.25, 0.3) is 15.9 Å². The average Bonchev–Trinajstić information content (AvgIpc) is 3.28. The Bertz CT molecular complexity index is 2400. The van der Waals surface area contributed by atoms with Crippen LogP contribution in [0.5, 0.6) is 0 Å². The number of benzene rings is 4. The van der Waals surface area contributed by atoms with E-state index in [1.165, 1.54) is 59.5 Å². The summed E-state index contributed by atoms with van der Waals surface area (Å²) in [6.07, 6.45) is 5.06. The van der Waals surface area contributed by atoms with Crippen LogP contribution in [0.15, 0.2) is 117 Å². The Balaban J connectivity index is 1.00. The number of piperazine rings is 1. The quantitative estimate of drug-likeness (QED) is 0.100. The molecule has 0 bridgehead atoms. The van der Waals surface area contributed by atoms with Crippen molar-refractivity contribution in [1.29, 1.82) is 0 Å². The van der Waals surface area contributed by atoms with Crippen LogP contribution in [0.4, 0.5) is 20.2 Å². The molecule has 4 aromatic rings. The van der Waals surface area contributed by atoms with E-state index in [0.717, 1.165) is 80.3 Å². The minimum absolute atomic E-state index is 0.0627. The number of hydrogen-bond donors (Lipinski definition) is 2. The van der Waals surface area contributed by atoms with Crippen LogP contribution in [-0.4, -0.2) is 116 Å². The number of alkyl halides is 2. The average molecular weight is 929 g/mol. The zero-order valence-corrected chi connectivity index (χ0v) is 37.6. The number of thioether (sulfide) groups is 1. The predicted octanol–water partition coefficient (Wildman–Crippen LogP) is 7.90. The first-order valence-corrected chi connectivity index (χ1v) is 25.3. The molecule has 11 nitrogen and oxygen atoms in total. The zero-order chi connectivity index (χ0) is 43.7. The SMILES string of the molecule is O=C(NS(=O)(=O)c1ccc(N[C@H](CCN2CCOCC2)CSc2ccccc2)c(S(=O)(=O)C(F)F)c1)c1ccc(N2CCN(CC3=C(c4ccc(Cl)cc4)CCCC3)CC2)cc1. The van der Waals surface area contributed by atoms with Gasteiger partial charge in [0.15, 0.2) is 0 Å². The van der Waals surface area contributed by atoms with E-state index >= 15 is 0 Å². The van der Waals surface area contributed by atoms with Gasteiger partial charge in [-0.2, -0.15) is 8.78 Å². The van der Waals surface area contributed by atoms with Crippen LogP contribution in [0.25, 0.3) is 5.57 Å². The summed E-state index contributed by atoms with van der Waals surface area (Å²) in [5.41, 5.74) is 4.94. The fourth-order valence-electron chi connectivity index (χ4n) is 8.05. The van der Waals surface area contributed by atoms with Crippen molar-refractivity contribution >= 4 is 66.1 Å². The number of amides is 1. The predicted molar refractivity (Wildman–Crippen MR) is 243 cm³/mol. The Hall–Kier alpha value is -4.03. The number of nitrogens with one attached hydrogen (secondary N) is 2. The van der Waals surface area contributed by atoms with E-state index in [1.54, 1.807) is 12.1 Å². The molecule has 1 atom stereocenters. The lowest BCUT2D eigenvalue weighted by atomic mass is 9.87. The van der Waals surface area contributed by atoms with Crippen molar-refractivity contribution in [1.82, 2.24) is 14.5 Å². The molecule has 2 saturated heterocycles. The van der Waals surface area contributed by atoms with Gasteiger partial charge in [-0.1, -0.05) is 47.5 Å². The van der Waals surface area contributed by atoms with E-state index < -0.39 is 41.3 Å². The van der Waals surface area contributed by atoms with E-state index in [-0.39, 0.29) is 17.3 Å². The maximum Gasteiger partial charge on any atom is 0.341 e. The van der Waals surface area contributed by atoms with Crippen molar-refractivity contribution in [3.8, 4) is 0 Å². The van der Waals surface area contributed by atoms with Crippen LogP contribution in [0.2, 0.25) is 5.02 Å². The molecule has 4 aromatic carbocycles. The fraction of sp³-hybridized carbons (Fsp3) is 0.400. The van der Waals surface area contributed by atoms with Gasteiger partial charge < -0.3 is 15.0 Å². The molecule has 2 aliphatic heterocycles. The van der Waals surface area contributed by atoms with Gasteiger partial charge in [0, 0.05) is 85.3 Å². The van der Waals surface area contributed by atoms with Crippen LogP contribution >= 0.6 is 23.4 Å². The van der Waals surface area contributed by atoms with E-state index in [9.17, 15) is 30.4 Å². The summed E-state index contributed by atoms with van der Waals surface area (Å²) >= 11 is 7.67. The summed E-state index contributed by atoms with van der Waals surface area (Å²) in [5.74, 6) is -4.29. The lowest BCUT2D eigenvalue weighted by Gasteiger charge is -2.37. The van der Waals surface area contributed by atoms with Crippen LogP contribution in [0.3, 0.4) is 0 Å². The van der Waals surface area contributed by atoms with Gasteiger partial charge in [0.2, 0.25) is 9.84 Å². The van der Waals surface area contributed by atoms with Gasteiger partial charge in [0.1, 0.15) is 0 Å². The maximum atomic E-state index is 14.1. The van der Waals surface area contributed by atoms with Gasteiger partial charge in [-0.25, -0.2) is 21.6 Å². The summed E-state index contributed by atoms with van der Waals surface area (Å²) in [7, 11) is -9.97. The minimum Gasteiger partial charge on any atom is -0.380 e. The number of carbonyl (C=O) groups is 1. The lowest BCUT2D eigenvalue weighted by molar-refractivity contribution is 0.0370. The highest BCUT2D eigenvalue weighted by Gasteiger charge is 2.33. The summed E-state index contributed by atoms with van der Waals surface area (Å²) in [6.45, 7) is 7.48. The topological polar surface area (TPSA) is 128 Å². The molecule has 7 rings (SSSR count). The summed E-state index contributed by atoms with van der Waals surface area (Å²) in [4.78, 5) is 19.7. The van der Waals surface area contributed by atoms with Crippen molar-refractivity contribution in [3.05, 3.63) is 119 Å². The number of hydrogen-bond acceptors (Lipinski definition) is 11. The number of allylic oxidation sites excluding steroid dienone is 1. The Labute approximate surface area is 372 Å². The molecule has 0 saturated carbocycles. The highest BCUT2D eigenvalue weighted by Crippen LogP contribution is 2.34. The number of sulfone groups is 1. The van der Waals surface area contributed by atoms with Gasteiger partial charge in [-0.15, -0.1) is 11.8 Å². The molecule has 0 radical (unpaired) electrons. The van der Waals surface area contributed by atoms with Crippen LogP contribution in [-0.2, 0) is 24.6 Å². The second-order valence-corrected chi connectivity index (χ2v) is 20.8. The standard InChI is InChI=1S/C45H52ClF2N5O6S3/c46-36-14-10-33(11-15-36)41-9-5-4-6-35(41)31-52-22-24-53(25-23-52)38-16-12-34(13-17-38)44(54)50-62(57,58)40-18-19-42(43(30-40)61(55,56)45(47)48)49-37(20-21-51-26-28-59-29-27-51)32-60-39-7-2-1-3-8-39/h1-3,7-8,10-19,30,37,45,49H,4-6,9,20-29,31-32H2,(H,50,54)/t37-/m1/s1. The summed E-state index contributed by atoms with van der Waals surface area (Å²) in [6, 6.07) is 26.8. The number of morpholine rings is 1. The van der Waals surface area contributed by atoms with Crippen molar-refractivity contribution in [2.24, 2.45) is 0 Å². The third kappa shape index (κ3) is 11.9. The van der Waals surface area contributed by atoms with Crippen LogP contribution in [0, 0.1) is 0 Å². The second-order valence-electron chi connectivity index (χ2n) is 15.7. The Kier molecular flexibility index (Phi) is 15.6. The summed E-state index contributed by atoms with van der Waals surface area (Å²) < 4.78 is 89.0. The molecule has 1 aliphatic carbocycles. The smallest absolute Gasteiger partial charge is 0.341 e. The van der Waals surface area contributed by atoms with Crippen molar-refractivity contribution in [2.45, 2.75) is 58.6 Å². The monoisotopic (exact) mass is 927 g/mol. The third-order valence-electron chi connectivity index (χ3n) is 11.5. The first-order chi connectivity index (χ1) is 29.9. The molecule has 332 valence electrons. The molecular formula is C45H52ClF2N5O6S3. The number of nitrogens with zero attached hydrogens (tertiary/aromatic N) is 3. The molecule has 3 aliphatic rings. The number of ether oxygens (including phenoxy) is 1. The van der Waals surface area contributed by atoms with Gasteiger partial charge >= 0.3 is 5.76 Å². The van der Waals surface area contributed by atoms with Crippen LogP contribution in [0.1, 0.15) is 48.0 Å². The Morgan fingerprint density at radius 3 is 2.19 bits per heavy atom.